The maximum absolute atomic E-state index is 12.3. The van der Waals surface area contributed by atoms with E-state index in [1.165, 1.54) is 13.8 Å². The molecule has 0 spiro atoms. The van der Waals surface area contributed by atoms with Gasteiger partial charge in [0.05, 0.1) is 19.8 Å². The van der Waals surface area contributed by atoms with Gasteiger partial charge < -0.3 is 23.7 Å². The summed E-state index contributed by atoms with van der Waals surface area (Å²) in [7, 11) is 3.16. The second-order valence-corrected chi connectivity index (χ2v) is 8.37. The number of methoxy groups -OCH3 is 2. The summed E-state index contributed by atoms with van der Waals surface area (Å²) in [5.41, 5.74) is 3.28. The zero-order valence-corrected chi connectivity index (χ0v) is 21.6. The molecule has 0 amide bonds. The fourth-order valence-corrected chi connectivity index (χ4v) is 3.98. The highest BCUT2D eigenvalue weighted by molar-refractivity contribution is 5.91. The van der Waals surface area contributed by atoms with Crippen molar-refractivity contribution in [1.82, 2.24) is 0 Å². The fourth-order valence-electron chi connectivity index (χ4n) is 3.98. The van der Waals surface area contributed by atoms with Crippen molar-refractivity contribution >= 4 is 11.9 Å². The van der Waals surface area contributed by atoms with Gasteiger partial charge in [0.2, 0.25) is 0 Å². The quantitative estimate of drug-likeness (QED) is 0.188. The van der Waals surface area contributed by atoms with Crippen molar-refractivity contribution in [2.24, 2.45) is 0 Å². The molecule has 194 valence electrons. The Morgan fingerprint density at radius 1 is 0.658 bits per heavy atom. The van der Waals surface area contributed by atoms with Gasteiger partial charge in [-0.2, -0.15) is 0 Å². The summed E-state index contributed by atoms with van der Waals surface area (Å²) in [6.07, 6.45) is 0. The van der Waals surface area contributed by atoms with Crippen molar-refractivity contribution in [3.8, 4) is 51.0 Å². The van der Waals surface area contributed by atoms with Crippen LogP contribution < -0.4 is 23.7 Å². The van der Waals surface area contributed by atoms with E-state index in [1.807, 2.05) is 54.6 Å². The summed E-state index contributed by atoms with van der Waals surface area (Å²) in [5, 5.41) is 0. The number of esters is 2. The Morgan fingerprint density at radius 3 is 1.74 bits per heavy atom. The molecular weight excluding hydrogens is 484 g/mol. The van der Waals surface area contributed by atoms with Crippen molar-refractivity contribution in [2.75, 3.05) is 14.2 Å². The van der Waals surface area contributed by atoms with Gasteiger partial charge in [-0.25, -0.2) is 0 Å². The standard InChI is InChI=1S/C31H28O7/c1-20(32)37-28-18-27(23-10-14-25(34-3)15-11-23)30(38-21(2)33)31(36-19-22-8-6-5-7-9-22)29(28)24-12-16-26(35-4)17-13-24/h5-18H,19H2,1-4H3. The SMILES string of the molecule is COc1ccc(-c2cc(OC(C)=O)c(-c3ccc(OC)cc3)c(OCc3ccccc3)c2OC(C)=O)cc1. The number of ether oxygens (including phenoxy) is 5. The van der Waals surface area contributed by atoms with Gasteiger partial charge in [0.25, 0.3) is 0 Å². The average Bonchev–Trinajstić information content (AvgIpc) is 2.93. The van der Waals surface area contributed by atoms with Gasteiger partial charge in [0, 0.05) is 19.4 Å². The van der Waals surface area contributed by atoms with E-state index in [1.54, 1.807) is 44.6 Å². The maximum atomic E-state index is 12.3. The summed E-state index contributed by atoms with van der Waals surface area (Å²) < 4.78 is 28.5. The Labute approximate surface area is 221 Å². The molecule has 4 rings (SSSR count). The zero-order chi connectivity index (χ0) is 27.1. The minimum Gasteiger partial charge on any atom is -0.497 e. The van der Waals surface area contributed by atoms with Crippen molar-refractivity contribution < 1.29 is 33.3 Å². The predicted molar refractivity (Wildman–Crippen MR) is 144 cm³/mol. The van der Waals surface area contributed by atoms with E-state index in [9.17, 15) is 9.59 Å². The first-order valence-corrected chi connectivity index (χ1v) is 11.9. The molecule has 0 fully saturated rings. The second kappa shape index (κ2) is 12.0. The van der Waals surface area contributed by atoms with Gasteiger partial charge in [-0.1, -0.05) is 54.6 Å². The molecule has 0 aliphatic rings. The highest BCUT2D eigenvalue weighted by atomic mass is 16.6. The van der Waals surface area contributed by atoms with Crippen molar-refractivity contribution in [3.63, 3.8) is 0 Å². The third-order valence-electron chi connectivity index (χ3n) is 5.70. The number of carbonyl (C=O) groups is 2. The third kappa shape index (κ3) is 6.13. The lowest BCUT2D eigenvalue weighted by atomic mass is 9.96. The number of carbonyl (C=O) groups excluding carboxylic acids is 2. The first-order chi connectivity index (χ1) is 18.4. The highest BCUT2D eigenvalue weighted by Crippen LogP contribution is 2.51. The molecule has 0 atom stereocenters. The Hall–Kier alpha value is -4.78. The normalized spacial score (nSPS) is 10.4. The van der Waals surface area contributed by atoms with Crippen LogP contribution in [0.5, 0.6) is 28.7 Å². The molecule has 0 heterocycles. The summed E-state index contributed by atoms with van der Waals surface area (Å²) in [6, 6.07) is 25.7. The van der Waals surface area contributed by atoms with Gasteiger partial charge >= 0.3 is 11.9 Å². The lowest BCUT2D eigenvalue weighted by molar-refractivity contribution is -0.133. The molecule has 0 aliphatic carbocycles. The Kier molecular flexibility index (Phi) is 8.28. The van der Waals surface area contributed by atoms with Crippen LogP contribution in [0, 0.1) is 0 Å². The Bertz CT molecular complexity index is 1410. The Balaban J connectivity index is 2.00. The average molecular weight is 513 g/mol. The van der Waals surface area contributed by atoms with Crippen LogP contribution >= 0.6 is 0 Å². The van der Waals surface area contributed by atoms with Gasteiger partial charge in [-0.05, 0) is 47.0 Å². The molecule has 0 N–H and O–H groups in total. The van der Waals surface area contributed by atoms with Crippen LogP contribution in [-0.4, -0.2) is 26.2 Å². The molecule has 7 heteroatoms. The molecule has 4 aromatic carbocycles. The molecule has 0 aliphatic heterocycles. The highest BCUT2D eigenvalue weighted by Gasteiger charge is 2.26. The van der Waals surface area contributed by atoms with Crippen LogP contribution in [0.4, 0.5) is 0 Å². The molecular formula is C31H28O7. The fraction of sp³-hybridized carbons (Fsp3) is 0.161. The first kappa shape index (κ1) is 26.3. The minimum absolute atomic E-state index is 0.184. The van der Waals surface area contributed by atoms with Crippen LogP contribution in [-0.2, 0) is 16.2 Å². The molecule has 38 heavy (non-hydrogen) atoms. The summed E-state index contributed by atoms with van der Waals surface area (Å²) >= 11 is 0. The summed E-state index contributed by atoms with van der Waals surface area (Å²) in [6.45, 7) is 2.84. The molecule has 0 saturated carbocycles. The van der Waals surface area contributed by atoms with Gasteiger partial charge in [-0.3, -0.25) is 9.59 Å². The largest absolute Gasteiger partial charge is 0.497 e. The summed E-state index contributed by atoms with van der Waals surface area (Å²) in [4.78, 5) is 24.5. The van der Waals surface area contributed by atoms with E-state index in [4.69, 9.17) is 23.7 Å². The predicted octanol–water partition coefficient (Wildman–Crippen LogP) is 6.47. The monoisotopic (exact) mass is 512 g/mol. The molecule has 0 saturated heterocycles. The number of benzene rings is 4. The van der Waals surface area contributed by atoms with E-state index in [0.29, 0.717) is 33.8 Å². The molecule has 0 radical (unpaired) electrons. The van der Waals surface area contributed by atoms with Gasteiger partial charge in [0.15, 0.2) is 11.5 Å². The number of hydrogen-bond donors (Lipinski definition) is 0. The molecule has 7 nitrogen and oxygen atoms in total. The van der Waals surface area contributed by atoms with E-state index in [0.717, 1.165) is 5.56 Å². The number of rotatable bonds is 9. The lowest BCUT2D eigenvalue weighted by Gasteiger charge is -2.22. The lowest BCUT2D eigenvalue weighted by Crippen LogP contribution is -2.10. The Morgan fingerprint density at radius 2 is 1.21 bits per heavy atom. The topological polar surface area (TPSA) is 80.3 Å². The van der Waals surface area contributed by atoms with E-state index < -0.39 is 11.9 Å². The smallest absolute Gasteiger partial charge is 0.308 e. The van der Waals surface area contributed by atoms with Gasteiger partial charge in [-0.15, -0.1) is 0 Å². The third-order valence-corrected chi connectivity index (χ3v) is 5.70. The second-order valence-electron chi connectivity index (χ2n) is 8.37. The molecule has 0 aromatic heterocycles. The van der Waals surface area contributed by atoms with Crippen LogP contribution in [0.25, 0.3) is 22.3 Å². The number of hydrogen-bond acceptors (Lipinski definition) is 7. The molecule has 0 bridgehead atoms. The minimum atomic E-state index is -0.523. The van der Waals surface area contributed by atoms with Crippen molar-refractivity contribution in [3.05, 3.63) is 90.5 Å². The first-order valence-electron chi connectivity index (χ1n) is 11.9. The van der Waals surface area contributed by atoms with Crippen LogP contribution in [0.2, 0.25) is 0 Å². The molecule has 4 aromatic rings. The van der Waals surface area contributed by atoms with E-state index in [-0.39, 0.29) is 23.9 Å². The van der Waals surface area contributed by atoms with Crippen LogP contribution in [0.15, 0.2) is 84.9 Å². The van der Waals surface area contributed by atoms with Crippen molar-refractivity contribution in [1.29, 1.82) is 0 Å². The van der Waals surface area contributed by atoms with Crippen molar-refractivity contribution in [2.45, 2.75) is 20.5 Å². The molecule has 0 unspecified atom stereocenters. The van der Waals surface area contributed by atoms with E-state index >= 15 is 0 Å². The van der Waals surface area contributed by atoms with Crippen LogP contribution in [0.3, 0.4) is 0 Å². The zero-order valence-electron chi connectivity index (χ0n) is 21.6. The van der Waals surface area contributed by atoms with Crippen LogP contribution in [0.1, 0.15) is 19.4 Å². The van der Waals surface area contributed by atoms with E-state index in [2.05, 4.69) is 0 Å². The maximum Gasteiger partial charge on any atom is 0.308 e. The summed E-state index contributed by atoms with van der Waals surface area (Å²) in [5.74, 6) is 1.02. The van der Waals surface area contributed by atoms with Gasteiger partial charge in [0.1, 0.15) is 23.9 Å².